The maximum Gasteiger partial charge on any atom is 0.259 e. The van der Waals surface area contributed by atoms with Crippen LogP contribution in [-0.4, -0.2) is 24.0 Å². The van der Waals surface area contributed by atoms with E-state index < -0.39 is 0 Å². The molecule has 0 spiro atoms. The van der Waals surface area contributed by atoms with Crippen LogP contribution in [0.15, 0.2) is 36.5 Å². The predicted octanol–water partition coefficient (Wildman–Crippen LogP) is 3.94. The molecule has 0 unspecified atom stereocenters. The van der Waals surface area contributed by atoms with Crippen molar-refractivity contribution in [2.24, 2.45) is 0 Å². The summed E-state index contributed by atoms with van der Waals surface area (Å²) in [7, 11) is 0. The monoisotopic (exact) mass is 309 g/mol. The molecular formula is C19H23N3O. The normalized spacial score (nSPS) is 14.6. The molecule has 3 rings (SSSR count). The van der Waals surface area contributed by atoms with Crippen LogP contribution >= 0.6 is 0 Å². The van der Waals surface area contributed by atoms with Crippen molar-refractivity contribution in [1.29, 1.82) is 0 Å². The molecule has 1 aromatic carbocycles. The van der Waals surface area contributed by atoms with Crippen LogP contribution in [0.5, 0.6) is 0 Å². The molecule has 120 valence electrons. The van der Waals surface area contributed by atoms with Crippen LogP contribution in [-0.2, 0) is 0 Å². The molecule has 1 N–H and O–H groups in total. The van der Waals surface area contributed by atoms with Crippen LogP contribution in [0.4, 0.5) is 11.5 Å². The van der Waals surface area contributed by atoms with E-state index in [1.54, 1.807) is 6.20 Å². The number of anilines is 2. The van der Waals surface area contributed by atoms with Gasteiger partial charge in [-0.3, -0.25) is 4.79 Å². The van der Waals surface area contributed by atoms with Gasteiger partial charge in [-0.25, -0.2) is 4.98 Å². The first-order valence-corrected chi connectivity index (χ1v) is 8.24. The predicted molar refractivity (Wildman–Crippen MR) is 94.2 cm³/mol. The van der Waals surface area contributed by atoms with E-state index in [0.717, 1.165) is 37.4 Å². The van der Waals surface area contributed by atoms with Gasteiger partial charge < -0.3 is 10.2 Å². The second kappa shape index (κ2) is 6.82. The molecule has 1 aliphatic heterocycles. The van der Waals surface area contributed by atoms with Crippen LogP contribution in [0.1, 0.15) is 40.7 Å². The fourth-order valence-electron chi connectivity index (χ4n) is 2.95. The van der Waals surface area contributed by atoms with Gasteiger partial charge in [0.2, 0.25) is 0 Å². The van der Waals surface area contributed by atoms with Gasteiger partial charge in [-0.05, 0) is 68.5 Å². The number of nitrogens with zero attached hydrogens (tertiary/aromatic N) is 2. The van der Waals surface area contributed by atoms with Gasteiger partial charge >= 0.3 is 0 Å². The third kappa shape index (κ3) is 3.52. The van der Waals surface area contributed by atoms with Gasteiger partial charge in [-0.2, -0.15) is 0 Å². The molecule has 2 aromatic rings. The number of carbonyl (C=O) groups is 1. The molecule has 4 nitrogen and oxygen atoms in total. The quantitative estimate of drug-likeness (QED) is 0.934. The Morgan fingerprint density at radius 3 is 2.61 bits per heavy atom. The van der Waals surface area contributed by atoms with E-state index in [4.69, 9.17) is 0 Å². The minimum Gasteiger partial charge on any atom is -0.356 e. The minimum absolute atomic E-state index is 0.0954. The Morgan fingerprint density at radius 2 is 1.87 bits per heavy atom. The molecule has 1 saturated heterocycles. The van der Waals surface area contributed by atoms with Gasteiger partial charge in [0, 0.05) is 25.0 Å². The summed E-state index contributed by atoms with van der Waals surface area (Å²) >= 11 is 0. The van der Waals surface area contributed by atoms with Crippen molar-refractivity contribution in [2.45, 2.75) is 33.1 Å². The number of aryl methyl sites for hydroxylation is 2. The number of carbonyl (C=O) groups excluding carboxylic acids is 1. The van der Waals surface area contributed by atoms with Gasteiger partial charge in [-0.1, -0.05) is 6.07 Å². The third-order valence-electron chi connectivity index (χ3n) is 4.45. The molecule has 1 fully saturated rings. The molecule has 0 saturated carbocycles. The molecular weight excluding hydrogens is 286 g/mol. The van der Waals surface area contributed by atoms with Crippen LogP contribution in [0, 0.1) is 13.8 Å². The summed E-state index contributed by atoms with van der Waals surface area (Å²) in [6.07, 6.45) is 5.34. The van der Waals surface area contributed by atoms with Crippen molar-refractivity contribution in [2.75, 3.05) is 23.3 Å². The summed E-state index contributed by atoms with van der Waals surface area (Å²) in [5.41, 5.74) is 3.86. The van der Waals surface area contributed by atoms with Crippen molar-refractivity contribution in [1.82, 2.24) is 4.98 Å². The Labute approximate surface area is 137 Å². The number of aromatic nitrogens is 1. The lowest BCUT2D eigenvalue weighted by Crippen LogP contribution is -2.32. The molecule has 0 bridgehead atoms. The Balaban J connectivity index is 1.83. The van der Waals surface area contributed by atoms with Crippen LogP contribution in [0.2, 0.25) is 0 Å². The molecule has 4 heteroatoms. The van der Waals surface area contributed by atoms with Crippen LogP contribution < -0.4 is 10.2 Å². The lowest BCUT2D eigenvalue weighted by atomic mass is 10.1. The number of amides is 1. The van der Waals surface area contributed by atoms with Crippen molar-refractivity contribution < 1.29 is 4.79 Å². The first-order chi connectivity index (χ1) is 11.1. The highest BCUT2D eigenvalue weighted by atomic mass is 16.1. The number of benzene rings is 1. The van der Waals surface area contributed by atoms with E-state index in [1.165, 1.54) is 17.5 Å². The largest absolute Gasteiger partial charge is 0.356 e. The minimum atomic E-state index is -0.0954. The van der Waals surface area contributed by atoms with Gasteiger partial charge in [0.05, 0.1) is 5.56 Å². The van der Waals surface area contributed by atoms with Gasteiger partial charge in [0.15, 0.2) is 0 Å². The average molecular weight is 309 g/mol. The van der Waals surface area contributed by atoms with Crippen molar-refractivity contribution in [3.05, 3.63) is 53.2 Å². The zero-order chi connectivity index (χ0) is 16.2. The van der Waals surface area contributed by atoms with E-state index in [-0.39, 0.29) is 5.91 Å². The molecule has 0 atom stereocenters. The number of hydrogen-bond acceptors (Lipinski definition) is 3. The van der Waals surface area contributed by atoms with Crippen molar-refractivity contribution >= 4 is 17.4 Å². The maximum atomic E-state index is 12.7. The highest BCUT2D eigenvalue weighted by molar-refractivity contribution is 6.07. The maximum absolute atomic E-state index is 12.7. The molecule has 1 aromatic heterocycles. The molecule has 1 aliphatic rings. The standard InChI is InChI=1S/C19H23N3O/c1-14-8-9-16(13-15(14)2)21-19(23)17-7-6-10-20-18(17)22-11-4-3-5-12-22/h6-10,13H,3-5,11-12H2,1-2H3,(H,21,23). The second-order valence-electron chi connectivity index (χ2n) is 6.18. The van der Waals surface area contributed by atoms with E-state index in [9.17, 15) is 4.79 Å². The van der Waals surface area contributed by atoms with E-state index in [1.807, 2.05) is 37.3 Å². The summed E-state index contributed by atoms with van der Waals surface area (Å²) in [5.74, 6) is 0.704. The number of hydrogen-bond donors (Lipinski definition) is 1. The van der Waals surface area contributed by atoms with Crippen LogP contribution in [0.25, 0.3) is 0 Å². The zero-order valence-corrected chi connectivity index (χ0v) is 13.8. The average Bonchev–Trinajstić information content (AvgIpc) is 2.59. The van der Waals surface area contributed by atoms with E-state index >= 15 is 0 Å². The molecule has 1 amide bonds. The fraction of sp³-hybridized carbons (Fsp3) is 0.368. The summed E-state index contributed by atoms with van der Waals surface area (Å²) in [6, 6.07) is 9.65. The zero-order valence-electron chi connectivity index (χ0n) is 13.8. The second-order valence-corrected chi connectivity index (χ2v) is 6.18. The number of nitrogens with one attached hydrogen (secondary N) is 1. The molecule has 0 aliphatic carbocycles. The third-order valence-corrected chi connectivity index (χ3v) is 4.45. The van der Waals surface area contributed by atoms with Gasteiger partial charge in [0.25, 0.3) is 5.91 Å². The lowest BCUT2D eigenvalue weighted by Gasteiger charge is -2.29. The van der Waals surface area contributed by atoms with Crippen molar-refractivity contribution in [3.63, 3.8) is 0 Å². The van der Waals surface area contributed by atoms with E-state index in [2.05, 4.69) is 22.1 Å². The first-order valence-electron chi connectivity index (χ1n) is 8.24. The molecule has 2 heterocycles. The Hall–Kier alpha value is -2.36. The first kappa shape index (κ1) is 15.5. The number of pyridine rings is 1. The number of piperidine rings is 1. The van der Waals surface area contributed by atoms with Crippen LogP contribution in [0.3, 0.4) is 0 Å². The number of rotatable bonds is 3. The summed E-state index contributed by atoms with van der Waals surface area (Å²) in [5, 5.41) is 3.00. The van der Waals surface area contributed by atoms with Gasteiger partial charge in [0.1, 0.15) is 5.82 Å². The SMILES string of the molecule is Cc1ccc(NC(=O)c2cccnc2N2CCCCC2)cc1C. The topological polar surface area (TPSA) is 45.2 Å². The summed E-state index contributed by atoms with van der Waals surface area (Å²) in [6.45, 7) is 6.06. The van der Waals surface area contributed by atoms with Crippen molar-refractivity contribution in [3.8, 4) is 0 Å². The summed E-state index contributed by atoms with van der Waals surface area (Å²) in [4.78, 5) is 19.4. The fourth-order valence-corrected chi connectivity index (χ4v) is 2.95. The lowest BCUT2D eigenvalue weighted by molar-refractivity contribution is 0.102. The van der Waals surface area contributed by atoms with Gasteiger partial charge in [-0.15, -0.1) is 0 Å². The summed E-state index contributed by atoms with van der Waals surface area (Å²) < 4.78 is 0. The Morgan fingerprint density at radius 1 is 1.09 bits per heavy atom. The Kier molecular flexibility index (Phi) is 4.60. The highest BCUT2D eigenvalue weighted by Gasteiger charge is 2.19. The molecule has 0 radical (unpaired) electrons. The molecule has 23 heavy (non-hydrogen) atoms. The Bertz CT molecular complexity index is 706. The van der Waals surface area contributed by atoms with E-state index in [0.29, 0.717) is 5.56 Å². The smallest absolute Gasteiger partial charge is 0.259 e. The highest BCUT2D eigenvalue weighted by Crippen LogP contribution is 2.23.